The Morgan fingerprint density at radius 2 is 1.61 bits per heavy atom. The normalized spacial score (nSPS) is 15.3. The molecular formula is C32H29N3O3. The molecule has 6 nitrogen and oxygen atoms in total. The molecule has 1 heterocycles. The highest BCUT2D eigenvalue weighted by atomic mass is 16.5. The number of aryl methyl sites for hydroxylation is 2. The van der Waals surface area contributed by atoms with Crippen molar-refractivity contribution in [2.75, 3.05) is 19.0 Å². The van der Waals surface area contributed by atoms with Gasteiger partial charge >= 0.3 is 0 Å². The van der Waals surface area contributed by atoms with Gasteiger partial charge < -0.3 is 10.1 Å². The van der Waals surface area contributed by atoms with Crippen LogP contribution in [0.3, 0.4) is 0 Å². The van der Waals surface area contributed by atoms with Crippen LogP contribution in [0.4, 0.5) is 5.69 Å². The Kier molecular flexibility index (Phi) is 7.37. The average molecular weight is 504 g/mol. The minimum atomic E-state index is -0.380. The van der Waals surface area contributed by atoms with Crippen molar-refractivity contribution in [1.29, 1.82) is 5.26 Å². The first-order chi connectivity index (χ1) is 18.6. The molecule has 1 N–H and O–H groups in total. The maximum absolute atomic E-state index is 13.2. The summed E-state index contributed by atoms with van der Waals surface area (Å²) in [7, 11) is 1.66. The van der Waals surface area contributed by atoms with Crippen LogP contribution in [0.2, 0.25) is 0 Å². The number of imide groups is 1. The number of benzene rings is 3. The number of nitriles is 1. The standard InChI is InChI=1S/C32H29N3O3/c1-38-30-19-25(16-15-24(30)14-11-22-7-3-2-4-8-22)29(34-26-17-12-23(20-33)13-18-26)21-35-31(36)27-9-5-6-10-28(27)32(35)37/h2-4,7-10,12-13,15-19,29,34H,5-6,11,14,21H2,1H3. The predicted molar refractivity (Wildman–Crippen MR) is 146 cm³/mol. The van der Waals surface area contributed by atoms with Crippen LogP contribution in [-0.4, -0.2) is 30.4 Å². The van der Waals surface area contributed by atoms with E-state index in [4.69, 9.17) is 10.00 Å². The quantitative estimate of drug-likeness (QED) is 0.389. The van der Waals surface area contributed by atoms with Crippen LogP contribution in [0.1, 0.15) is 41.1 Å². The van der Waals surface area contributed by atoms with Gasteiger partial charge in [0.1, 0.15) is 5.75 Å². The van der Waals surface area contributed by atoms with Gasteiger partial charge in [-0.3, -0.25) is 14.5 Å². The number of carbonyl (C=O) groups excluding carboxylic acids is 2. The minimum absolute atomic E-state index is 0.166. The second kappa shape index (κ2) is 11.2. The van der Waals surface area contributed by atoms with E-state index in [-0.39, 0.29) is 24.4 Å². The van der Waals surface area contributed by atoms with Gasteiger partial charge in [-0.15, -0.1) is 0 Å². The first-order valence-corrected chi connectivity index (χ1v) is 12.8. The fourth-order valence-electron chi connectivity index (χ4n) is 5.00. The van der Waals surface area contributed by atoms with Crippen LogP contribution >= 0.6 is 0 Å². The number of anilines is 1. The van der Waals surface area contributed by atoms with Gasteiger partial charge in [0.25, 0.3) is 11.8 Å². The Bertz CT molecular complexity index is 1420. The Labute approximate surface area is 222 Å². The van der Waals surface area contributed by atoms with Crippen molar-refractivity contribution in [3.63, 3.8) is 0 Å². The summed E-state index contributed by atoms with van der Waals surface area (Å²) >= 11 is 0. The van der Waals surface area contributed by atoms with Gasteiger partial charge in [0.15, 0.2) is 0 Å². The van der Waals surface area contributed by atoms with Crippen molar-refractivity contribution in [1.82, 2.24) is 4.90 Å². The average Bonchev–Trinajstić information content (AvgIpc) is 3.21. The number of hydrogen-bond donors (Lipinski definition) is 1. The molecule has 0 spiro atoms. The van der Waals surface area contributed by atoms with E-state index >= 15 is 0 Å². The number of hydrogen-bond acceptors (Lipinski definition) is 5. The number of likely N-dealkylation sites (tertiary alicyclic amines) is 1. The summed E-state index contributed by atoms with van der Waals surface area (Å²) in [5.74, 6) is 0.265. The number of fused-ring (bicyclic) bond motifs is 1. The SMILES string of the molecule is COc1cc(C(CN2C(=O)C3=CCCC=C3C2=O)Nc2ccc(C#N)cc2)ccc1CCc1ccccc1. The molecule has 0 radical (unpaired) electrons. The lowest BCUT2D eigenvalue weighted by Crippen LogP contribution is -2.36. The number of methoxy groups -OCH3 is 1. The lowest BCUT2D eigenvalue weighted by atomic mass is 9.99. The minimum Gasteiger partial charge on any atom is -0.496 e. The van der Waals surface area contributed by atoms with E-state index in [1.807, 2.05) is 54.6 Å². The molecule has 3 aromatic rings. The van der Waals surface area contributed by atoms with E-state index in [2.05, 4.69) is 29.6 Å². The van der Waals surface area contributed by atoms with Crippen LogP contribution in [0.15, 0.2) is 96.1 Å². The van der Waals surface area contributed by atoms with E-state index in [9.17, 15) is 9.59 Å². The zero-order chi connectivity index (χ0) is 26.5. The number of amides is 2. The highest BCUT2D eigenvalue weighted by Gasteiger charge is 2.40. The number of ether oxygens (including phenoxy) is 1. The molecule has 1 atom stereocenters. The highest BCUT2D eigenvalue weighted by Crippen LogP contribution is 2.33. The third-order valence-electron chi connectivity index (χ3n) is 7.06. The van der Waals surface area contributed by atoms with Crippen LogP contribution < -0.4 is 10.1 Å². The summed E-state index contributed by atoms with van der Waals surface area (Å²) in [6, 6.07) is 25.3. The molecule has 0 aromatic heterocycles. The molecule has 0 bridgehead atoms. The summed E-state index contributed by atoms with van der Waals surface area (Å²) < 4.78 is 5.76. The van der Waals surface area contributed by atoms with Crippen LogP contribution in [0.5, 0.6) is 5.75 Å². The maximum Gasteiger partial charge on any atom is 0.261 e. The summed E-state index contributed by atoms with van der Waals surface area (Å²) in [4.78, 5) is 27.6. The van der Waals surface area contributed by atoms with Crippen LogP contribution in [-0.2, 0) is 22.4 Å². The largest absolute Gasteiger partial charge is 0.496 e. The lowest BCUT2D eigenvalue weighted by Gasteiger charge is -2.25. The van der Waals surface area contributed by atoms with Crippen molar-refractivity contribution in [3.05, 3.63) is 118 Å². The van der Waals surface area contributed by atoms with Gasteiger partial charge in [-0.2, -0.15) is 5.26 Å². The van der Waals surface area contributed by atoms with Gasteiger partial charge in [0.2, 0.25) is 0 Å². The van der Waals surface area contributed by atoms with Gasteiger partial charge in [0.05, 0.1) is 31.3 Å². The molecule has 190 valence electrons. The Balaban J connectivity index is 1.43. The molecule has 2 amide bonds. The smallest absolute Gasteiger partial charge is 0.261 e. The van der Waals surface area contributed by atoms with Gasteiger partial charge in [-0.25, -0.2) is 0 Å². The van der Waals surface area contributed by atoms with Crippen molar-refractivity contribution in [2.24, 2.45) is 0 Å². The first kappa shape index (κ1) is 25.0. The summed E-state index contributed by atoms with van der Waals surface area (Å²) in [5.41, 5.74) is 5.61. The molecule has 0 saturated carbocycles. The molecular weight excluding hydrogens is 474 g/mol. The van der Waals surface area contributed by atoms with Crippen molar-refractivity contribution >= 4 is 17.5 Å². The van der Waals surface area contributed by atoms with E-state index in [0.717, 1.165) is 48.2 Å². The topological polar surface area (TPSA) is 82.4 Å². The predicted octanol–water partition coefficient (Wildman–Crippen LogP) is 5.52. The number of allylic oxidation sites excluding steroid dienone is 2. The van der Waals surface area contributed by atoms with Crippen molar-refractivity contribution in [2.45, 2.75) is 31.7 Å². The Morgan fingerprint density at radius 1 is 0.921 bits per heavy atom. The zero-order valence-electron chi connectivity index (χ0n) is 21.3. The Hall–Kier alpha value is -4.63. The number of nitrogens with zero attached hydrogens (tertiary/aromatic N) is 2. The molecule has 38 heavy (non-hydrogen) atoms. The molecule has 6 heteroatoms. The maximum atomic E-state index is 13.2. The molecule has 1 aliphatic heterocycles. The number of nitrogens with one attached hydrogen (secondary N) is 1. The molecule has 1 aliphatic carbocycles. The molecule has 5 rings (SSSR count). The van der Waals surface area contributed by atoms with E-state index in [1.165, 1.54) is 10.5 Å². The van der Waals surface area contributed by atoms with E-state index < -0.39 is 0 Å². The van der Waals surface area contributed by atoms with E-state index in [1.54, 1.807) is 19.2 Å². The van der Waals surface area contributed by atoms with Gasteiger partial charge in [-0.05, 0) is 72.7 Å². The monoisotopic (exact) mass is 503 g/mol. The molecule has 1 saturated heterocycles. The summed E-state index contributed by atoms with van der Waals surface area (Å²) in [6.07, 6.45) is 6.98. The third-order valence-corrected chi connectivity index (χ3v) is 7.06. The molecule has 1 unspecified atom stereocenters. The Morgan fingerprint density at radius 3 is 2.24 bits per heavy atom. The molecule has 2 aliphatic rings. The number of carbonyl (C=O) groups is 2. The zero-order valence-corrected chi connectivity index (χ0v) is 21.3. The fraction of sp³-hybridized carbons (Fsp3) is 0.219. The summed E-state index contributed by atoms with van der Waals surface area (Å²) in [6.45, 7) is 0.166. The second-order valence-corrected chi connectivity index (χ2v) is 9.48. The highest BCUT2D eigenvalue weighted by molar-refractivity contribution is 6.24. The second-order valence-electron chi connectivity index (χ2n) is 9.48. The van der Waals surface area contributed by atoms with Crippen LogP contribution in [0, 0.1) is 11.3 Å². The van der Waals surface area contributed by atoms with Crippen LogP contribution in [0.25, 0.3) is 0 Å². The van der Waals surface area contributed by atoms with Gasteiger partial charge in [0, 0.05) is 16.8 Å². The van der Waals surface area contributed by atoms with Crippen molar-refractivity contribution in [3.8, 4) is 11.8 Å². The van der Waals surface area contributed by atoms with E-state index in [0.29, 0.717) is 16.7 Å². The molecule has 3 aromatic carbocycles. The summed E-state index contributed by atoms with van der Waals surface area (Å²) in [5, 5.41) is 12.6. The van der Waals surface area contributed by atoms with Gasteiger partial charge in [-0.1, -0.05) is 54.6 Å². The van der Waals surface area contributed by atoms with Crippen molar-refractivity contribution < 1.29 is 14.3 Å². The fourth-order valence-corrected chi connectivity index (χ4v) is 5.00. The number of rotatable bonds is 9. The first-order valence-electron chi connectivity index (χ1n) is 12.8. The lowest BCUT2D eigenvalue weighted by molar-refractivity contribution is -0.136. The molecule has 1 fully saturated rings. The third kappa shape index (κ3) is 5.23.